The fourth-order valence-corrected chi connectivity index (χ4v) is 3.45. The smallest absolute Gasteiger partial charge is 0.206 e. The Labute approximate surface area is 122 Å². The predicted octanol–water partition coefficient (Wildman–Crippen LogP) is 3.74. The van der Waals surface area contributed by atoms with Crippen LogP contribution in [0.4, 0.5) is 0 Å². The zero-order valence-electron chi connectivity index (χ0n) is 11.1. The van der Waals surface area contributed by atoms with Gasteiger partial charge in [0, 0.05) is 27.7 Å². The zero-order valence-corrected chi connectivity index (χ0v) is 11.9. The molecular weight excluding hydrogens is 268 g/mol. The lowest BCUT2D eigenvalue weighted by molar-refractivity contribution is 0.103. The number of fused-ring (bicyclic) bond motifs is 2. The zero-order chi connectivity index (χ0) is 14.1. The van der Waals surface area contributed by atoms with E-state index >= 15 is 0 Å². The van der Waals surface area contributed by atoms with Crippen LogP contribution in [0, 0.1) is 0 Å². The molecule has 3 rings (SSSR count). The average molecular weight is 281 g/mol. The highest BCUT2D eigenvalue weighted by molar-refractivity contribution is 7.98. The molecule has 0 aromatic heterocycles. The van der Waals surface area contributed by atoms with Gasteiger partial charge in [-0.1, -0.05) is 37.3 Å². The van der Waals surface area contributed by atoms with Crippen molar-refractivity contribution in [1.29, 1.82) is 0 Å². The van der Waals surface area contributed by atoms with E-state index < -0.39 is 0 Å². The Balaban J connectivity index is 2.09. The number of rotatable bonds is 2. The van der Waals surface area contributed by atoms with E-state index in [9.17, 15) is 9.59 Å². The molecule has 20 heavy (non-hydrogen) atoms. The first-order chi connectivity index (χ1) is 9.70. The largest absolute Gasteiger partial charge is 0.290 e. The van der Waals surface area contributed by atoms with Crippen molar-refractivity contribution in [1.82, 2.24) is 0 Å². The van der Waals surface area contributed by atoms with Crippen LogP contribution in [0.3, 0.4) is 0 Å². The molecule has 99 valence electrons. The van der Waals surface area contributed by atoms with Gasteiger partial charge in [0.15, 0.2) is 5.78 Å². The third-order valence-electron chi connectivity index (χ3n) is 3.57. The third-order valence-corrected chi connectivity index (χ3v) is 4.68. The van der Waals surface area contributed by atoms with Crippen molar-refractivity contribution in [2.45, 2.75) is 23.5 Å². The molecule has 0 aliphatic carbocycles. The lowest BCUT2D eigenvalue weighted by Crippen LogP contribution is -2.04. The van der Waals surface area contributed by atoms with Gasteiger partial charge < -0.3 is 0 Å². The van der Waals surface area contributed by atoms with E-state index in [0.717, 1.165) is 32.9 Å². The molecule has 1 heterocycles. The van der Waals surface area contributed by atoms with Crippen LogP contribution in [0.1, 0.15) is 39.9 Å². The monoisotopic (exact) mass is 281 g/mol. The van der Waals surface area contributed by atoms with Crippen LogP contribution in [-0.4, -0.2) is 12.1 Å². The molecule has 0 fully saturated rings. The van der Waals surface area contributed by atoms with Crippen molar-refractivity contribution in [3.63, 3.8) is 0 Å². The molecule has 1 aliphatic rings. The SMILES string of the molecule is CC([C]=O)c1ccc2c(c1)SCc1ccccc1C2=O. The number of ketones is 1. The Bertz CT molecular complexity index is 691. The number of carbonyl (C=O) groups is 1. The van der Waals surface area contributed by atoms with Gasteiger partial charge in [0.25, 0.3) is 0 Å². The lowest BCUT2D eigenvalue weighted by Gasteiger charge is -2.09. The highest BCUT2D eigenvalue weighted by Gasteiger charge is 2.22. The molecule has 3 heteroatoms. The van der Waals surface area contributed by atoms with Crippen molar-refractivity contribution in [2.24, 2.45) is 0 Å². The second kappa shape index (κ2) is 5.25. The van der Waals surface area contributed by atoms with Crippen LogP contribution in [0.15, 0.2) is 47.4 Å². The number of hydrogen-bond acceptors (Lipinski definition) is 3. The van der Waals surface area contributed by atoms with Gasteiger partial charge in [0.2, 0.25) is 6.29 Å². The number of thioether (sulfide) groups is 1. The first-order valence-corrected chi connectivity index (χ1v) is 7.46. The first kappa shape index (κ1) is 13.1. The quantitative estimate of drug-likeness (QED) is 0.841. The standard InChI is InChI=1S/C17H13O2S/c1-11(9-18)12-6-7-15-16(8-12)20-10-13-4-2-3-5-14(13)17(15)19/h2-8,11H,10H2,1H3. The van der Waals surface area contributed by atoms with Crippen LogP contribution in [-0.2, 0) is 10.5 Å². The maximum absolute atomic E-state index is 12.6. The molecule has 2 aromatic carbocycles. The number of carbonyl (C=O) groups excluding carboxylic acids is 2. The Morgan fingerprint density at radius 1 is 1.15 bits per heavy atom. The van der Waals surface area contributed by atoms with Crippen LogP contribution in [0.5, 0.6) is 0 Å². The minimum Gasteiger partial charge on any atom is -0.290 e. The van der Waals surface area contributed by atoms with Crippen molar-refractivity contribution < 1.29 is 9.59 Å². The minimum absolute atomic E-state index is 0.0647. The Hall–Kier alpha value is -1.87. The average Bonchev–Trinajstić information content (AvgIpc) is 2.64. The lowest BCUT2D eigenvalue weighted by atomic mass is 9.96. The molecule has 1 aliphatic heterocycles. The Kier molecular flexibility index (Phi) is 3.45. The summed E-state index contributed by atoms with van der Waals surface area (Å²) < 4.78 is 0. The van der Waals surface area contributed by atoms with Crippen LogP contribution in [0.25, 0.3) is 0 Å². The molecule has 0 amide bonds. The van der Waals surface area contributed by atoms with E-state index in [2.05, 4.69) is 0 Å². The molecule has 1 atom stereocenters. The van der Waals surface area contributed by atoms with Gasteiger partial charge >= 0.3 is 0 Å². The molecule has 0 bridgehead atoms. The van der Waals surface area contributed by atoms with Gasteiger partial charge in [-0.15, -0.1) is 11.8 Å². The van der Waals surface area contributed by atoms with Crippen LogP contribution in [0.2, 0.25) is 0 Å². The minimum atomic E-state index is -0.262. The Morgan fingerprint density at radius 2 is 1.95 bits per heavy atom. The summed E-state index contributed by atoms with van der Waals surface area (Å²) in [7, 11) is 0. The maximum atomic E-state index is 12.6. The van der Waals surface area contributed by atoms with E-state index in [1.807, 2.05) is 55.7 Å². The molecule has 1 radical (unpaired) electrons. The summed E-state index contributed by atoms with van der Waals surface area (Å²) in [6.45, 7) is 1.81. The van der Waals surface area contributed by atoms with Crippen molar-refractivity contribution in [3.05, 3.63) is 64.7 Å². The summed E-state index contributed by atoms with van der Waals surface area (Å²) in [5.41, 5.74) is 3.48. The summed E-state index contributed by atoms with van der Waals surface area (Å²) in [6, 6.07) is 13.3. The van der Waals surface area contributed by atoms with E-state index in [1.54, 1.807) is 11.8 Å². The number of hydrogen-bond donors (Lipinski definition) is 0. The van der Waals surface area contributed by atoms with E-state index in [-0.39, 0.29) is 11.7 Å². The third kappa shape index (κ3) is 2.18. The fourth-order valence-electron chi connectivity index (χ4n) is 2.35. The normalized spacial score (nSPS) is 14.9. The molecule has 0 N–H and O–H groups in total. The van der Waals surface area contributed by atoms with Gasteiger partial charge in [0.1, 0.15) is 0 Å². The van der Waals surface area contributed by atoms with E-state index in [4.69, 9.17) is 0 Å². The number of benzene rings is 2. The molecule has 2 nitrogen and oxygen atoms in total. The van der Waals surface area contributed by atoms with E-state index in [1.165, 1.54) is 0 Å². The maximum Gasteiger partial charge on any atom is 0.206 e. The fraction of sp³-hybridized carbons (Fsp3) is 0.176. The molecular formula is C17H13O2S. The highest BCUT2D eigenvalue weighted by atomic mass is 32.2. The van der Waals surface area contributed by atoms with Gasteiger partial charge in [-0.3, -0.25) is 9.59 Å². The second-order valence-corrected chi connectivity index (χ2v) is 5.89. The van der Waals surface area contributed by atoms with E-state index in [0.29, 0.717) is 0 Å². The molecule has 0 spiro atoms. The Morgan fingerprint density at radius 3 is 2.75 bits per heavy atom. The molecule has 1 unspecified atom stereocenters. The van der Waals surface area contributed by atoms with Crippen molar-refractivity contribution in [3.8, 4) is 0 Å². The second-order valence-electron chi connectivity index (χ2n) is 4.87. The van der Waals surface area contributed by atoms with Crippen LogP contribution >= 0.6 is 11.8 Å². The van der Waals surface area contributed by atoms with Gasteiger partial charge in [0.05, 0.1) is 0 Å². The summed E-state index contributed by atoms with van der Waals surface area (Å²) in [4.78, 5) is 24.3. The highest BCUT2D eigenvalue weighted by Crippen LogP contribution is 2.35. The summed E-state index contributed by atoms with van der Waals surface area (Å²) >= 11 is 1.65. The predicted molar refractivity (Wildman–Crippen MR) is 80.0 cm³/mol. The molecule has 0 saturated heterocycles. The van der Waals surface area contributed by atoms with Gasteiger partial charge in [-0.2, -0.15) is 0 Å². The summed E-state index contributed by atoms with van der Waals surface area (Å²) in [6.07, 6.45) is 1.99. The molecule has 0 saturated carbocycles. The first-order valence-electron chi connectivity index (χ1n) is 6.47. The van der Waals surface area contributed by atoms with Gasteiger partial charge in [-0.25, -0.2) is 0 Å². The molecule has 2 aromatic rings. The topological polar surface area (TPSA) is 34.1 Å². The summed E-state index contributed by atoms with van der Waals surface area (Å²) in [5.74, 6) is 0.578. The van der Waals surface area contributed by atoms with Gasteiger partial charge in [-0.05, 0) is 23.3 Å². The summed E-state index contributed by atoms with van der Waals surface area (Å²) in [5, 5.41) is 0. The van der Waals surface area contributed by atoms with Crippen LogP contribution < -0.4 is 0 Å². The van der Waals surface area contributed by atoms with Crippen molar-refractivity contribution >= 4 is 23.8 Å². The van der Waals surface area contributed by atoms with Crippen molar-refractivity contribution in [2.75, 3.05) is 0 Å².